The SMILES string of the molecule is CCCCCCCNC(=O)ONC(=O)CCCCCCC. The molecule has 2 amide bonds. The van der Waals surface area contributed by atoms with Crippen LogP contribution in [0.3, 0.4) is 0 Å². The average Bonchev–Trinajstić information content (AvgIpc) is 2.48. The van der Waals surface area contributed by atoms with Gasteiger partial charge in [-0.2, -0.15) is 5.48 Å². The molecule has 0 unspecified atom stereocenters. The molecule has 0 aromatic rings. The largest absolute Gasteiger partial charge is 0.431 e. The number of carbonyl (C=O) groups is 2. The van der Waals surface area contributed by atoms with E-state index in [1.54, 1.807) is 0 Å². The number of amides is 2. The number of hydroxylamine groups is 1. The van der Waals surface area contributed by atoms with Gasteiger partial charge in [-0.1, -0.05) is 65.2 Å². The molecule has 0 aliphatic carbocycles. The van der Waals surface area contributed by atoms with Gasteiger partial charge in [-0.25, -0.2) is 4.79 Å². The van der Waals surface area contributed by atoms with E-state index in [0.717, 1.165) is 32.1 Å². The number of hydrogen-bond acceptors (Lipinski definition) is 3. The maximum absolute atomic E-state index is 11.4. The Morgan fingerprint density at radius 3 is 2.00 bits per heavy atom. The van der Waals surface area contributed by atoms with E-state index in [1.165, 1.54) is 32.1 Å². The van der Waals surface area contributed by atoms with Crippen molar-refractivity contribution in [1.29, 1.82) is 0 Å². The summed E-state index contributed by atoms with van der Waals surface area (Å²) < 4.78 is 0. The second-order valence-corrected chi connectivity index (χ2v) is 5.42. The quantitative estimate of drug-likeness (QED) is 0.421. The Morgan fingerprint density at radius 2 is 1.38 bits per heavy atom. The Kier molecular flexibility index (Phi) is 14.2. The van der Waals surface area contributed by atoms with E-state index in [4.69, 9.17) is 0 Å². The molecule has 21 heavy (non-hydrogen) atoms. The van der Waals surface area contributed by atoms with Crippen LogP contribution in [0.15, 0.2) is 0 Å². The lowest BCUT2D eigenvalue weighted by atomic mass is 10.1. The van der Waals surface area contributed by atoms with Gasteiger partial charge in [0, 0.05) is 13.0 Å². The normalized spacial score (nSPS) is 10.2. The van der Waals surface area contributed by atoms with Crippen molar-refractivity contribution in [3.05, 3.63) is 0 Å². The number of carbonyl (C=O) groups excluding carboxylic acids is 2. The fourth-order valence-electron chi connectivity index (χ4n) is 2.00. The lowest BCUT2D eigenvalue weighted by Crippen LogP contribution is -2.34. The van der Waals surface area contributed by atoms with Gasteiger partial charge in [-0.05, 0) is 12.8 Å². The molecule has 5 nitrogen and oxygen atoms in total. The van der Waals surface area contributed by atoms with Gasteiger partial charge in [0.1, 0.15) is 0 Å². The maximum Gasteiger partial charge on any atom is 0.431 e. The Hall–Kier alpha value is -1.26. The molecule has 0 bridgehead atoms. The first-order valence-corrected chi connectivity index (χ1v) is 8.44. The molecule has 0 spiro atoms. The third-order valence-corrected chi connectivity index (χ3v) is 3.31. The molecule has 0 fully saturated rings. The fraction of sp³-hybridized carbons (Fsp3) is 0.875. The van der Waals surface area contributed by atoms with E-state index in [-0.39, 0.29) is 5.91 Å². The summed E-state index contributed by atoms with van der Waals surface area (Å²) in [7, 11) is 0. The third kappa shape index (κ3) is 15.0. The van der Waals surface area contributed by atoms with E-state index in [9.17, 15) is 9.59 Å². The van der Waals surface area contributed by atoms with Crippen molar-refractivity contribution in [3.8, 4) is 0 Å². The van der Waals surface area contributed by atoms with E-state index in [2.05, 4.69) is 29.5 Å². The molecule has 0 aliphatic heterocycles. The molecule has 0 aliphatic rings. The van der Waals surface area contributed by atoms with Crippen molar-refractivity contribution < 1.29 is 14.4 Å². The first kappa shape index (κ1) is 19.7. The molecule has 2 N–H and O–H groups in total. The highest BCUT2D eigenvalue weighted by molar-refractivity contribution is 5.77. The van der Waals surface area contributed by atoms with Crippen LogP contribution in [0.5, 0.6) is 0 Å². The summed E-state index contributed by atoms with van der Waals surface area (Å²) in [5, 5.41) is 2.62. The minimum Gasteiger partial charge on any atom is -0.322 e. The number of unbranched alkanes of at least 4 members (excludes halogenated alkanes) is 8. The number of rotatable bonds is 12. The van der Waals surface area contributed by atoms with Crippen molar-refractivity contribution in [2.75, 3.05) is 6.54 Å². The average molecular weight is 300 g/mol. The van der Waals surface area contributed by atoms with Crippen LogP contribution in [-0.2, 0) is 9.63 Å². The molecule has 5 heteroatoms. The molecule has 0 rings (SSSR count). The van der Waals surface area contributed by atoms with Crippen LogP contribution < -0.4 is 10.8 Å². The van der Waals surface area contributed by atoms with Gasteiger partial charge >= 0.3 is 6.09 Å². The fourth-order valence-corrected chi connectivity index (χ4v) is 2.00. The lowest BCUT2D eigenvalue weighted by Gasteiger charge is -2.07. The summed E-state index contributed by atoms with van der Waals surface area (Å²) in [5.74, 6) is -0.232. The van der Waals surface area contributed by atoms with Crippen molar-refractivity contribution in [3.63, 3.8) is 0 Å². The van der Waals surface area contributed by atoms with Gasteiger partial charge in [0.05, 0.1) is 0 Å². The molecular weight excluding hydrogens is 268 g/mol. The highest BCUT2D eigenvalue weighted by Crippen LogP contribution is 2.04. The molecule has 0 radical (unpaired) electrons. The number of nitrogens with one attached hydrogen (secondary N) is 2. The summed E-state index contributed by atoms with van der Waals surface area (Å²) in [6.07, 6.45) is 11.0. The minimum atomic E-state index is -0.579. The molecule has 0 atom stereocenters. The van der Waals surface area contributed by atoms with Gasteiger partial charge in [0.2, 0.25) is 0 Å². The monoisotopic (exact) mass is 300 g/mol. The van der Waals surface area contributed by atoms with E-state index in [0.29, 0.717) is 13.0 Å². The predicted octanol–water partition coefficient (Wildman–Crippen LogP) is 4.07. The maximum atomic E-state index is 11.4. The smallest absolute Gasteiger partial charge is 0.322 e. The van der Waals surface area contributed by atoms with Crippen LogP contribution in [0.4, 0.5) is 4.79 Å². The first-order valence-electron chi connectivity index (χ1n) is 8.44. The number of hydrogen-bond donors (Lipinski definition) is 2. The van der Waals surface area contributed by atoms with E-state index in [1.807, 2.05) is 0 Å². The van der Waals surface area contributed by atoms with Gasteiger partial charge < -0.3 is 10.2 Å². The van der Waals surface area contributed by atoms with Gasteiger partial charge in [0.25, 0.3) is 5.91 Å². The Bertz CT molecular complexity index is 270. The second-order valence-electron chi connectivity index (χ2n) is 5.42. The summed E-state index contributed by atoms with van der Waals surface area (Å²) in [6, 6.07) is 0. The zero-order valence-electron chi connectivity index (χ0n) is 13.7. The predicted molar refractivity (Wildman–Crippen MR) is 84.8 cm³/mol. The van der Waals surface area contributed by atoms with Crippen molar-refractivity contribution in [2.45, 2.75) is 84.5 Å². The minimum absolute atomic E-state index is 0.232. The van der Waals surface area contributed by atoms with Crippen molar-refractivity contribution in [1.82, 2.24) is 10.8 Å². The van der Waals surface area contributed by atoms with Crippen LogP contribution >= 0.6 is 0 Å². The van der Waals surface area contributed by atoms with Crippen LogP contribution in [-0.4, -0.2) is 18.5 Å². The van der Waals surface area contributed by atoms with Gasteiger partial charge in [-0.3, -0.25) is 4.79 Å². The summed E-state index contributed by atoms with van der Waals surface area (Å²) in [4.78, 5) is 27.4. The Labute approximate surface area is 129 Å². The molecule has 124 valence electrons. The molecule has 0 heterocycles. The third-order valence-electron chi connectivity index (χ3n) is 3.31. The Balaban J connectivity index is 3.36. The molecule has 0 saturated carbocycles. The highest BCUT2D eigenvalue weighted by Gasteiger charge is 2.05. The van der Waals surface area contributed by atoms with Crippen molar-refractivity contribution in [2.24, 2.45) is 0 Å². The summed E-state index contributed by atoms with van der Waals surface area (Å²) in [5.41, 5.74) is 2.18. The van der Waals surface area contributed by atoms with Crippen molar-refractivity contribution >= 4 is 12.0 Å². The second kappa shape index (κ2) is 15.1. The molecular formula is C16H32N2O3. The van der Waals surface area contributed by atoms with Crippen LogP contribution in [0, 0.1) is 0 Å². The zero-order chi connectivity index (χ0) is 15.8. The molecule has 0 aromatic heterocycles. The summed E-state index contributed by atoms with van der Waals surface area (Å²) >= 11 is 0. The first-order chi connectivity index (χ1) is 10.2. The standard InChI is InChI=1S/C16H32N2O3/c1-3-5-7-9-11-13-15(19)18-21-16(20)17-14-12-10-8-6-4-2/h3-14H2,1-2H3,(H,17,20)(H,18,19). The highest BCUT2D eigenvalue weighted by atomic mass is 16.7. The zero-order valence-corrected chi connectivity index (χ0v) is 13.7. The molecule has 0 saturated heterocycles. The summed E-state index contributed by atoms with van der Waals surface area (Å²) in [6.45, 7) is 4.92. The van der Waals surface area contributed by atoms with Gasteiger partial charge in [-0.15, -0.1) is 0 Å². The van der Waals surface area contributed by atoms with Crippen LogP contribution in [0.1, 0.15) is 84.5 Å². The van der Waals surface area contributed by atoms with E-state index >= 15 is 0 Å². The Morgan fingerprint density at radius 1 is 0.810 bits per heavy atom. The van der Waals surface area contributed by atoms with E-state index < -0.39 is 6.09 Å². The van der Waals surface area contributed by atoms with Crippen LogP contribution in [0.2, 0.25) is 0 Å². The van der Waals surface area contributed by atoms with Crippen LogP contribution in [0.25, 0.3) is 0 Å². The topological polar surface area (TPSA) is 67.4 Å². The van der Waals surface area contributed by atoms with Gasteiger partial charge in [0.15, 0.2) is 0 Å². The lowest BCUT2D eigenvalue weighted by molar-refractivity contribution is -0.129. The molecule has 0 aromatic carbocycles.